The van der Waals surface area contributed by atoms with Gasteiger partial charge in [0.1, 0.15) is 5.54 Å². The van der Waals surface area contributed by atoms with E-state index in [9.17, 15) is 29.4 Å². The molecule has 0 fully saturated rings. The zero-order chi connectivity index (χ0) is 22.9. The highest BCUT2D eigenvalue weighted by Gasteiger charge is 2.42. The number of aliphatic imine (C=N–C) groups is 1. The number of carbonyl (C=O) groups is 4. The molecule has 0 radical (unpaired) electrons. The van der Waals surface area contributed by atoms with Crippen molar-refractivity contribution in [3.8, 4) is 0 Å². The van der Waals surface area contributed by atoms with Gasteiger partial charge in [0.2, 0.25) is 0 Å². The molecule has 0 spiro atoms. The van der Waals surface area contributed by atoms with Gasteiger partial charge in [-0.1, -0.05) is 12.1 Å². The number of hydrogen-bond donors (Lipinski definition) is 4. The molecule has 4 N–H and O–H groups in total. The molecule has 30 heavy (non-hydrogen) atoms. The molecule has 0 unspecified atom stereocenters. The lowest BCUT2D eigenvalue weighted by molar-refractivity contribution is -0.155. The second-order valence-electron chi connectivity index (χ2n) is 6.44. The molecule has 1 rings (SSSR count). The number of carboxylic acids is 4. The third kappa shape index (κ3) is 7.01. The van der Waals surface area contributed by atoms with E-state index in [0.717, 1.165) is 9.80 Å². The molecule has 0 saturated heterocycles. The van der Waals surface area contributed by atoms with Crippen molar-refractivity contribution in [3.63, 3.8) is 0 Å². The number of rotatable bonds is 13. The van der Waals surface area contributed by atoms with Crippen LogP contribution in [0, 0.1) is 0 Å². The van der Waals surface area contributed by atoms with E-state index in [2.05, 4.69) is 22.4 Å². The highest BCUT2D eigenvalue weighted by atomic mass is 32.1. The molecule has 0 aliphatic carbocycles. The molecule has 0 amide bonds. The van der Waals surface area contributed by atoms with Crippen molar-refractivity contribution in [2.45, 2.75) is 12.5 Å². The van der Waals surface area contributed by atoms with Gasteiger partial charge in [0, 0.05) is 13.1 Å². The van der Waals surface area contributed by atoms with Crippen molar-refractivity contribution in [3.05, 3.63) is 29.8 Å². The van der Waals surface area contributed by atoms with Gasteiger partial charge in [-0.2, -0.15) is 4.99 Å². The van der Waals surface area contributed by atoms with Gasteiger partial charge in [-0.25, -0.2) is 4.79 Å². The molecule has 1 atom stereocenters. The first kappa shape index (κ1) is 24.9. The summed E-state index contributed by atoms with van der Waals surface area (Å²) < 4.78 is 0. The minimum Gasteiger partial charge on any atom is -0.480 e. The van der Waals surface area contributed by atoms with Gasteiger partial charge in [0.25, 0.3) is 0 Å². The lowest BCUT2D eigenvalue weighted by atomic mass is 9.89. The van der Waals surface area contributed by atoms with E-state index in [1.807, 2.05) is 0 Å². The molecule has 0 aliphatic heterocycles. The first-order valence-electron chi connectivity index (χ1n) is 8.55. The van der Waals surface area contributed by atoms with Gasteiger partial charge in [-0.3, -0.25) is 24.2 Å². The molecule has 1 aromatic carbocycles. The van der Waals surface area contributed by atoms with E-state index >= 15 is 0 Å². The maximum atomic E-state index is 12.2. The van der Waals surface area contributed by atoms with Gasteiger partial charge in [-0.15, -0.1) is 0 Å². The summed E-state index contributed by atoms with van der Waals surface area (Å²) in [6.07, 6.45) is 0. The van der Waals surface area contributed by atoms with Crippen LogP contribution in [0.15, 0.2) is 29.3 Å². The topological polar surface area (TPSA) is 168 Å². The van der Waals surface area contributed by atoms with Gasteiger partial charge in [0.05, 0.1) is 30.5 Å². The number of nitrogens with zero attached hydrogens (tertiary/aromatic N) is 3. The number of thiocarbonyl (C=S) groups is 1. The smallest absolute Gasteiger partial charge is 0.328 e. The molecule has 1 aromatic rings. The summed E-state index contributed by atoms with van der Waals surface area (Å²) in [5.74, 6) is -5.17. The van der Waals surface area contributed by atoms with Crippen LogP contribution in [0.1, 0.15) is 12.5 Å². The fraction of sp³-hybridized carbons (Fsp3) is 0.389. The van der Waals surface area contributed by atoms with Gasteiger partial charge >= 0.3 is 23.9 Å². The Labute approximate surface area is 176 Å². The lowest BCUT2D eigenvalue weighted by Gasteiger charge is -2.38. The third-order valence-corrected chi connectivity index (χ3v) is 4.47. The third-order valence-electron chi connectivity index (χ3n) is 4.38. The summed E-state index contributed by atoms with van der Waals surface area (Å²) in [5, 5.41) is 39.3. The van der Waals surface area contributed by atoms with Crippen LogP contribution in [-0.4, -0.2) is 92.0 Å². The Morgan fingerprint density at radius 1 is 0.933 bits per heavy atom. The number of isothiocyanates is 1. The van der Waals surface area contributed by atoms with Crippen LogP contribution in [0.4, 0.5) is 5.69 Å². The fourth-order valence-corrected chi connectivity index (χ4v) is 2.94. The van der Waals surface area contributed by atoms with Crippen LogP contribution in [0.3, 0.4) is 0 Å². The standard InChI is InChI=1S/C18H21N3O8S/c1-18(17(28)29,12-2-4-13(5-3-12)19-11-30)21(10-16(26)27)7-6-20(8-14(22)23)9-15(24)25/h2-5H,6-10H2,1H3,(H,22,23)(H,24,25)(H,26,27)(H,28,29)/t18-/m1/s1. The molecule has 0 heterocycles. The first-order chi connectivity index (χ1) is 14.0. The second-order valence-corrected chi connectivity index (χ2v) is 6.62. The second kappa shape index (κ2) is 11.1. The van der Waals surface area contributed by atoms with Gasteiger partial charge in [-0.05, 0) is 36.8 Å². The van der Waals surface area contributed by atoms with Crippen LogP contribution in [0.5, 0.6) is 0 Å². The Hall–Kier alpha value is -3.18. The maximum absolute atomic E-state index is 12.2. The van der Waals surface area contributed by atoms with Crippen molar-refractivity contribution >= 4 is 46.9 Å². The Morgan fingerprint density at radius 3 is 1.83 bits per heavy atom. The molecule has 11 nitrogen and oxygen atoms in total. The summed E-state index contributed by atoms with van der Waals surface area (Å²) in [5.41, 5.74) is -1.11. The average molecular weight is 439 g/mol. The highest BCUT2D eigenvalue weighted by molar-refractivity contribution is 7.78. The minimum absolute atomic E-state index is 0.179. The summed E-state index contributed by atoms with van der Waals surface area (Å²) >= 11 is 4.52. The SMILES string of the molecule is C[C@](C(=O)O)(c1ccc(N=C=S)cc1)N(CCN(CC(=O)O)CC(=O)O)CC(=O)O. The summed E-state index contributed by atoms with van der Waals surface area (Å²) in [7, 11) is 0. The Bertz CT molecular complexity index is 837. The Balaban J connectivity index is 3.26. The van der Waals surface area contributed by atoms with Crippen LogP contribution in [0.2, 0.25) is 0 Å². The maximum Gasteiger partial charge on any atom is 0.328 e. The normalized spacial score (nSPS) is 12.8. The average Bonchev–Trinajstić information content (AvgIpc) is 2.63. The molecule has 0 saturated carbocycles. The Kier molecular flexibility index (Phi) is 9.21. The fourth-order valence-electron chi connectivity index (χ4n) is 2.84. The number of benzene rings is 1. The predicted molar refractivity (Wildman–Crippen MR) is 107 cm³/mol. The Morgan fingerprint density at radius 2 is 1.43 bits per heavy atom. The van der Waals surface area contributed by atoms with E-state index in [4.69, 9.17) is 10.2 Å². The van der Waals surface area contributed by atoms with Crippen molar-refractivity contribution in [2.75, 3.05) is 32.7 Å². The van der Waals surface area contributed by atoms with Crippen molar-refractivity contribution in [1.29, 1.82) is 0 Å². The summed E-state index contributed by atoms with van der Waals surface area (Å²) in [4.78, 5) is 51.5. The zero-order valence-corrected chi connectivity index (χ0v) is 16.8. The first-order valence-corrected chi connectivity index (χ1v) is 8.96. The lowest BCUT2D eigenvalue weighted by Crippen LogP contribution is -2.54. The van der Waals surface area contributed by atoms with E-state index in [1.54, 1.807) is 0 Å². The van der Waals surface area contributed by atoms with E-state index in [-0.39, 0.29) is 18.7 Å². The van der Waals surface area contributed by atoms with Crippen LogP contribution >= 0.6 is 12.2 Å². The molecule has 12 heteroatoms. The predicted octanol–water partition coefficient (Wildman–Crippen LogP) is 0.579. The van der Waals surface area contributed by atoms with E-state index in [0.29, 0.717) is 5.69 Å². The van der Waals surface area contributed by atoms with Crippen LogP contribution in [-0.2, 0) is 24.7 Å². The van der Waals surface area contributed by atoms with E-state index < -0.39 is 49.1 Å². The molecule has 0 aliphatic rings. The van der Waals surface area contributed by atoms with Crippen molar-refractivity contribution in [1.82, 2.24) is 9.80 Å². The number of carboxylic acid groups (broad SMARTS) is 4. The quantitative estimate of drug-likeness (QED) is 0.250. The molecular formula is C18H21N3O8S. The van der Waals surface area contributed by atoms with Crippen LogP contribution in [0.25, 0.3) is 0 Å². The summed E-state index contributed by atoms with van der Waals surface area (Å²) in [6.45, 7) is -0.939. The minimum atomic E-state index is -1.80. The largest absolute Gasteiger partial charge is 0.480 e. The molecular weight excluding hydrogens is 418 g/mol. The molecule has 0 bridgehead atoms. The van der Waals surface area contributed by atoms with Gasteiger partial charge < -0.3 is 20.4 Å². The van der Waals surface area contributed by atoms with Crippen LogP contribution < -0.4 is 0 Å². The van der Waals surface area contributed by atoms with Crippen molar-refractivity contribution < 1.29 is 39.6 Å². The highest BCUT2D eigenvalue weighted by Crippen LogP contribution is 2.30. The molecule has 162 valence electrons. The van der Waals surface area contributed by atoms with E-state index in [1.165, 1.54) is 31.2 Å². The zero-order valence-electron chi connectivity index (χ0n) is 16.0. The number of hydrogen-bond acceptors (Lipinski definition) is 8. The van der Waals surface area contributed by atoms with Crippen molar-refractivity contribution in [2.24, 2.45) is 4.99 Å². The van der Waals surface area contributed by atoms with Gasteiger partial charge in [0.15, 0.2) is 0 Å². The monoisotopic (exact) mass is 439 g/mol. The summed E-state index contributed by atoms with van der Waals surface area (Å²) in [6, 6.07) is 5.91. The molecule has 0 aromatic heterocycles. The number of aliphatic carboxylic acids is 4.